The number of hydrogen-bond acceptors (Lipinski definition) is 2. The predicted octanol–water partition coefficient (Wildman–Crippen LogP) is 2.36. The summed E-state index contributed by atoms with van der Waals surface area (Å²) in [6.07, 6.45) is 5.98. The van der Waals surface area contributed by atoms with E-state index in [4.69, 9.17) is 5.11 Å². The van der Waals surface area contributed by atoms with Gasteiger partial charge in [0.05, 0.1) is 5.92 Å². The second kappa shape index (κ2) is 4.74. The second-order valence-electron chi connectivity index (χ2n) is 5.63. The molecule has 2 aliphatic rings. The lowest BCUT2D eigenvalue weighted by atomic mass is 9.86. The van der Waals surface area contributed by atoms with Crippen molar-refractivity contribution in [3.63, 3.8) is 0 Å². The van der Waals surface area contributed by atoms with Crippen LogP contribution < -0.4 is 0 Å². The molecule has 2 fully saturated rings. The highest BCUT2D eigenvalue weighted by atomic mass is 16.4. The standard InChI is InChI=1S/C13H23NO2/c1-9-3-5-11(6-4-9)14-8-7-12(10(14)2)13(15)16/h9-12H,3-8H2,1-2H3,(H,15,16). The molecule has 1 saturated heterocycles. The number of carbonyl (C=O) groups is 1. The van der Waals surface area contributed by atoms with Gasteiger partial charge in [0.15, 0.2) is 0 Å². The van der Waals surface area contributed by atoms with Gasteiger partial charge in [-0.15, -0.1) is 0 Å². The Kier molecular flexibility index (Phi) is 3.53. The van der Waals surface area contributed by atoms with Crippen LogP contribution in [0.2, 0.25) is 0 Å². The van der Waals surface area contributed by atoms with Crippen molar-refractivity contribution >= 4 is 5.97 Å². The van der Waals surface area contributed by atoms with Crippen molar-refractivity contribution in [2.45, 2.75) is 58.0 Å². The van der Waals surface area contributed by atoms with E-state index in [9.17, 15) is 4.79 Å². The van der Waals surface area contributed by atoms with Crippen LogP contribution in [0, 0.1) is 11.8 Å². The fourth-order valence-corrected chi connectivity index (χ4v) is 3.38. The minimum absolute atomic E-state index is 0.139. The van der Waals surface area contributed by atoms with Gasteiger partial charge < -0.3 is 5.11 Å². The largest absolute Gasteiger partial charge is 0.481 e. The quantitative estimate of drug-likeness (QED) is 0.784. The summed E-state index contributed by atoms with van der Waals surface area (Å²) in [7, 11) is 0. The van der Waals surface area contributed by atoms with Gasteiger partial charge in [-0.2, -0.15) is 0 Å². The highest BCUT2D eigenvalue weighted by Crippen LogP contribution is 2.33. The van der Waals surface area contributed by atoms with Crippen LogP contribution in [-0.4, -0.2) is 34.6 Å². The molecule has 0 aromatic heterocycles. The third kappa shape index (κ3) is 2.24. The lowest BCUT2D eigenvalue weighted by molar-refractivity contribution is -0.142. The number of aliphatic carboxylic acids is 1. The maximum Gasteiger partial charge on any atom is 0.308 e. The molecule has 2 atom stereocenters. The molecule has 0 aromatic carbocycles. The van der Waals surface area contributed by atoms with Gasteiger partial charge in [0.1, 0.15) is 0 Å². The maximum absolute atomic E-state index is 11.1. The highest BCUT2D eigenvalue weighted by molar-refractivity contribution is 5.71. The summed E-state index contributed by atoms with van der Waals surface area (Å²) in [6, 6.07) is 0.881. The lowest BCUT2D eigenvalue weighted by Crippen LogP contribution is -2.42. The molecule has 2 rings (SSSR count). The molecule has 0 radical (unpaired) electrons. The van der Waals surface area contributed by atoms with Gasteiger partial charge in [0.25, 0.3) is 0 Å². The molecule has 2 unspecified atom stereocenters. The summed E-state index contributed by atoms with van der Waals surface area (Å²) in [5.74, 6) is 0.114. The maximum atomic E-state index is 11.1. The number of nitrogens with zero attached hydrogens (tertiary/aromatic N) is 1. The van der Waals surface area contributed by atoms with E-state index in [1.807, 2.05) is 0 Å². The summed E-state index contributed by atoms with van der Waals surface area (Å²) < 4.78 is 0. The second-order valence-corrected chi connectivity index (χ2v) is 5.63. The van der Waals surface area contributed by atoms with Gasteiger partial charge in [0, 0.05) is 12.1 Å². The first kappa shape index (κ1) is 11.9. The molecule has 0 spiro atoms. The zero-order valence-electron chi connectivity index (χ0n) is 10.4. The van der Waals surface area contributed by atoms with Crippen molar-refractivity contribution in [2.75, 3.05) is 6.54 Å². The van der Waals surface area contributed by atoms with E-state index in [1.54, 1.807) is 0 Å². The van der Waals surface area contributed by atoms with E-state index in [0.29, 0.717) is 6.04 Å². The average molecular weight is 225 g/mol. The van der Waals surface area contributed by atoms with Gasteiger partial charge in [0.2, 0.25) is 0 Å². The monoisotopic (exact) mass is 225 g/mol. The highest BCUT2D eigenvalue weighted by Gasteiger charge is 2.39. The molecule has 1 N–H and O–H groups in total. The van der Waals surface area contributed by atoms with E-state index in [-0.39, 0.29) is 12.0 Å². The van der Waals surface area contributed by atoms with Crippen LogP contribution in [0.4, 0.5) is 0 Å². The SMILES string of the molecule is CC1CCC(N2CCC(C(=O)O)C2C)CC1. The molecule has 16 heavy (non-hydrogen) atoms. The summed E-state index contributed by atoms with van der Waals surface area (Å²) in [6.45, 7) is 5.39. The first-order valence-electron chi connectivity index (χ1n) is 6.58. The molecule has 1 heterocycles. The molecular weight excluding hydrogens is 202 g/mol. The molecule has 0 bridgehead atoms. The summed E-state index contributed by atoms with van der Waals surface area (Å²) in [5.41, 5.74) is 0. The van der Waals surface area contributed by atoms with Crippen molar-refractivity contribution in [2.24, 2.45) is 11.8 Å². The van der Waals surface area contributed by atoms with E-state index in [1.165, 1.54) is 25.7 Å². The normalized spacial score (nSPS) is 41.1. The number of rotatable bonds is 2. The number of carboxylic acid groups (broad SMARTS) is 1. The number of likely N-dealkylation sites (tertiary alicyclic amines) is 1. The molecular formula is C13H23NO2. The van der Waals surface area contributed by atoms with Gasteiger partial charge in [-0.3, -0.25) is 9.69 Å². The molecule has 92 valence electrons. The average Bonchev–Trinajstić information content (AvgIpc) is 2.61. The van der Waals surface area contributed by atoms with E-state index in [2.05, 4.69) is 18.7 Å². The van der Waals surface area contributed by atoms with Gasteiger partial charge in [-0.05, 0) is 51.5 Å². The molecule has 1 aliphatic carbocycles. The van der Waals surface area contributed by atoms with Crippen molar-refractivity contribution in [3.8, 4) is 0 Å². The zero-order valence-corrected chi connectivity index (χ0v) is 10.4. The first-order chi connectivity index (χ1) is 7.59. The Morgan fingerprint density at radius 1 is 1.12 bits per heavy atom. The Morgan fingerprint density at radius 3 is 2.25 bits per heavy atom. The lowest BCUT2D eigenvalue weighted by Gasteiger charge is -2.36. The number of carboxylic acids is 1. The minimum Gasteiger partial charge on any atom is -0.481 e. The van der Waals surface area contributed by atoms with E-state index in [0.717, 1.165) is 18.9 Å². The summed E-state index contributed by atoms with van der Waals surface area (Å²) in [4.78, 5) is 13.5. The third-order valence-electron chi connectivity index (χ3n) is 4.58. The first-order valence-corrected chi connectivity index (χ1v) is 6.58. The minimum atomic E-state index is -0.612. The van der Waals surface area contributed by atoms with Crippen molar-refractivity contribution < 1.29 is 9.90 Å². The van der Waals surface area contributed by atoms with Crippen molar-refractivity contribution in [3.05, 3.63) is 0 Å². The molecule has 3 nitrogen and oxygen atoms in total. The number of hydrogen-bond donors (Lipinski definition) is 1. The van der Waals surface area contributed by atoms with Crippen LogP contribution in [0.3, 0.4) is 0 Å². The van der Waals surface area contributed by atoms with E-state index < -0.39 is 5.97 Å². The molecule has 1 aliphatic heterocycles. The van der Waals surface area contributed by atoms with Crippen LogP contribution in [0.1, 0.15) is 46.0 Å². The van der Waals surface area contributed by atoms with E-state index >= 15 is 0 Å². The molecule has 3 heteroatoms. The third-order valence-corrected chi connectivity index (χ3v) is 4.58. The van der Waals surface area contributed by atoms with Crippen LogP contribution in [0.25, 0.3) is 0 Å². The predicted molar refractivity (Wildman–Crippen MR) is 63.3 cm³/mol. The Bertz CT molecular complexity index is 259. The molecule has 0 amide bonds. The van der Waals surface area contributed by atoms with Gasteiger partial charge >= 0.3 is 5.97 Å². The summed E-state index contributed by atoms with van der Waals surface area (Å²) >= 11 is 0. The zero-order chi connectivity index (χ0) is 11.7. The van der Waals surface area contributed by atoms with Crippen LogP contribution >= 0.6 is 0 Å². The van der Waals surface area contributed by atoms with Crippen LogP contribution in [-0.2, 0) is 4.79 Å². The van der Waals surface area contributed by atoms with Crippen LogP contribution in [0.5, 0.6) is 0 Å². The topological polar surface area (TPSA) is 40.5 Å². The molecule has 1 saturated carbocycles. The Morgan fingerprint density at radius 2 is 1.75 bits per heavy atom. The Labute approximate surface area is 97.8 Å². The van der Waals surface area contributed by atoms with Gasteiger partial charge in [-0.1, -0.05) is 6.92 Å². The molecule has 0 aromatic rings. The Hall–Kier alpha value is -0.570. The summed E-state index contributed by atoms with van der Waals surface area (Å²) in [5, 5.41) is 9.12. The van der Waals surface area contributed by atoms with Crippen LogP contribution in [0.15, 0.2) is 0 Å². The van der Waals surface area contributed by atoms with Crippen molar-refractivity contribution in [1.29, 1.82) is 0 Å². The smallest absolute Gasteiger partial charge is 0.308 e. The fourth-order valence-electron chi connectivity index (χ4n) is 3.38. The fraction of sp³-hybridized carbons (Fsp3) is 0.923. The van der Waals surface area contributed by atoms with Crippen molar-refractivity contribution in [1.82, 2.24) is 4.90 Å². The van der Waals surface area contributed by atoms with Gasteiger partial charge in [-0.25, -0.2) is 0 Å². The Balaban J connectivity index is 1.93.